The van der Waals surface area contributed by atoms with E-state index in [-0.39, 0.29) is 29.6 Å². The Morgan fingerprint density at radius 3 is 1.97 bits per heavy atom. The molecule has 0 aliphatic carbocycles. The molecular weight excluding hydrogens is 446 g/mol. The van der Waals surface area contributed by atoms with Crippen molar-refractivity contribution in [1.82, 2.24) is 5.32 Å². The third-order valence-electron chi connectivity index (χ3n) is 4.73. The van der Waals surface area contributed by atoms with Crippen LogP contribution in [0.2, 0.25) is 0 Å². The molecule has 0 saturated heterocycles. The Bertz CT molecular complexity index is 896. The van der Waals surface area contributed by atoms with Crippen LogP contribution >= 0.6 is 15.9 Å². The van der Waals surface area contributed by atoms with Crippen LogP contribution in [0.4, 0.5) is 0 Å². The molecule has 1 N–H and O–H groups in total. The smallest absolute Gasteiger partial charge is 0.329 e. The molecular formula is C24H28BrNO4. The molecule has 0 aromatic heterocycles. The highest BCUT2D eigenvalue weighted by Gasteiger charge is 2.27. The standard InChI is InChI=1S/C24H28BrNO4/c1-15(2)21(23(29)30-14-20(27)16-8-12-19(25)13-9-16)26-22(28)17-6-10-18(11-7-17)24(3,4)5/h6-13,15,21H,14H2,1-5H3,(H,26,28)/t21-/m1/s1. The van der Waals surface area contributed by atoms with Gasteiger partial charge in [0.15, 0.2) is 12.4 Å². The van der Waals surface area contributed by atoms with Crippen molar-refractivity contribution in [3.05, 3.63) is 69.7 Å². The zero-order chi connectivity index (χ0) is 22.5. The number of carbonyl (C=O) groups excluding carboxylic acids is 3. The zero-order valence-electron chi connectivity index (χ0n) is 18.0. The minimum Gasteiger partial charge on any atom is -0.456 e. The number of esters is 1. The number of ether oxygens (including phenoxy) is 1. The molecule has 0 spiro atoms. The molecule has 1 atom stereocenters. The number of hydrogen-bond acceptors (Lipinski definition) is 4. The van der Waals surface area contributed by atoms with Crippen molar-refractivity contribution in [3.63, 3.8) is 0 Å². The average Bonchev–Trinajstić information content (AvgIpc) is 2.69. The van der Waals surface area contributed by atoms with Gasteiger partial charge in [-0.1, -0.05) is 74.8 Å². The Hall–Kier alpha value is -2.47. The van der Waals surface area contributed by atoms with E-state index in [4.69, 9.17) is 4.74 Å². The Morgan fingerprint density at radius 1 is 0.933 bits per heavy atom. The third-order valence-corrected chi connectivity index (χ3v) is 5.26. The number of nitrogens with one attached hydrogen (secondary N) is 1. The summed E-state index contributed by atoms with van der Waals surface area (Å²) < 4.78 is 6.05. The van der Waals surface area contributed by atoms with E-state index in [1.54, 1.807) is 36.4 Å². The molecule has 2 rings (SSSR count). The molecule has 0 bridgehead atoms. The Morgan fingerprint density at radius 2 is 1.47 bits per heavy atom. The summed E-state index contributed by atoms with van der Waals surface area (Å²) >= 11 is 3.31. The van der Waals surface area contributed by atoms with Gasteiger partial charge in [0.05, 0.1) is 0 Å². The lowest BCUT2D eigenvalue weighted by molar-refractivity contribution is -0.145. The minimum atomic E-state index is -0.850. The molecule has 30 heavy (non-hydrogen) atoms. The summed E-state index contributed by atoms with van der Waals surface area (Å²) in [5, 5.41) is 2.73. The van der Waals surface area contributed by atoms with Crippen molar-refractivity contribution in [2.75, 3.05) is 6.61 Å². The van der Waals surface area contributed by atoms with Crippen LogP contribution in [0.25, 0.3) is 0 Å². The second kappa shape index (κ2) is 10.0. The number of benzene rings is 2. The van der Waals surface area contributed by atoms with Gasteiger partial charge in [-0.25, -0.2) is 4.79 Å². The molecule has 0 aliphatic rings. The molecule has 0 aliphatic heterocycles. The van der Waals surface area contributed by atoms with Crippen molar-refractivity contribution in [3.8, 4) is 0 Å². The molecule has 0 heterocycles. The largest absolute Gasteiger partial charge is 0.456 e. The maximum Gasteiger partial charge on any atom is 0.329 e. The van der Waals surface area contributed by atoms with Crippen molar-refractivity contribution < 1.29 is 19.1 Å². The quantitative estimate of drug-likeness (QED) is 0.457. The Kier molecular flexibility index (Phi) is 7.96. The summed E-state index contributed by atoms with van der Waals surface area (Å²) in [5.41, 5.74) is 2.02. The minimum absolute atomic E-state index is 0.0132. The fourth-order valence-corrected chi connectivity index (χ4v) is 3.05. The van der Waals surface area contributed by atoms with E-state index in [9.17, 15) is 14.4 Å². The molecule has 5 nitrogen and oxygen atoms in total. The van der Waals surface area contributed by atoms with Gasteiger partial charge in [0.2, 0.25) is 0 Å². The molecule has 160 valence electrons. The van der Waals surface area contributed by atoms with E-state index in [0.717, 1.165) is 10.0 Å². The fourth-order valence-electron chi connectivity index (χ4n) is 2.79. The highest BCUT2D eigenvalue weighted by atomic mass is 79.9. The normalized spacial score (nSPS) is 12.4. The van der Waals surface area contributed by atoms with E-state index in [1.807, 2.05) is 26.0 Å². The van der Waals surface area contributed by atoms with Crippen molar-refractivity contribution >= 4 is 33.6 Å². The lowest BCUT2D eigenvalue weighted by atomic mass is 9.86. The number of ketones is 1. The third kappa shape index (κ3) is 6.52. The van der Waals surface area contributed by atoms with Gasteiger partial charge in [-0.05, 0) is 41.2 Å². The van der Waals surface area contributed by atoms with E-state index < -0.39 is 12.0 Å². The number of carbonyl (C=O) groups is 3. The van der Waals surface area contributed by atoms with Crippen LogP contribution in [0, 0.1) is 5.92 Å². The maximum atomic E-state index is 12.6. The lowest BCUT2D eigenvalue weighted by Crippen LogP contribution is -2.45. The molecule has 0 unspecified atom stereocenters. The summed E-state index contributed by atoms with van der Waals surface area (Å²) in [7, 11) is 0. The monoisotopic (exact) mass is 473 g/mol. The second-order valence-electron chi connectivity index (χ2n) is 8.56. The van der Waals surface area contributed by atoms with Crippen LogP contribution in [-0.4, -0.2) is 30.3 Å². The Balaban J connectivity index is 2.00. The highest BCUT2D eigenvalue weighted by Crippen LogP contribution is 2.22. The average molecular weight is 474 g/mol. The van der Waals surface area contributed by atoms with Crippen LogP contribution in [0.1, 0.15) is 60.9 Å². The van der Waals surface area contributed by atoms with Gasteiger partial charge < -0.3 is 10.1 Å². The van der Waals surface area contributed by atoms with Crippen LogP contribution < -0.4 is 5.32 Å². The number of amides is 1. The van der Waals surface area contributed by atoms with E-state index in [0.29, 0.717) is 11.1 Å². The van der Waals surface area contributed by atoms with Crippen LogP contribution in [-0.2, 0) is 14.9 Å². The highest BCUT2D eigenvalue weighted by molar-refractivity contribution is 9.10. The molecule has 0 radical (unpaired) electrons. The summed E-state index contributed by atoms with van der Waals surface area (Å²) in [6.45, 7) is 9.55. The topological polar surface area (TPSA) is 72.5 Å². The number of hydrogen-bond donors (Lipinski definition) is 1. The summed E-state index contributed by atoms with van der Waals surface area (Å²) in [6.07, 6.45) is 0. The molecule has 1 amide bonds. The van der Waals surface area contributed by atoms with Gasteiger partial charge in [-0.15, -0.1) is 0 Å². The molecule has 6 heteroatoms. The summed E-state index contributed by atoms with van der Waals surface area (Å²) in [6, 6.07) is 13.3. The van der Waals surface area contributed by atoms with Crippen molar-refractivity contribution in [2.45, 2.75) is 46.1 Å². The van der Waals surface area contributed by atoms with Crippen molar-refractivity contribution in [1.29, 1.82) is 0 Å². The lowest BCUT2D eigenvalue weighted by Gasteiger charge is -2.22. The first-order chi connectivity index (χ1) is 14.0. The van der Waals surface area contributed by atoms with Crippen LogP contribution in [0.15, 0.2) is 53.0 Å². The molecule has 0 saturated carbocycles. The van der Waals surface area contributed by atoms with Gasteiger partial charge in [-0.2, -0.15) is 0 Å². The predicted molar refractivity (Wildman–Crippen MR) is 121 cm³/mol. The van der Waals surface area contributed by atoms with Gasteiger partial charge in [-0.3, -0.25) is 9.59 Å². The van der Waals surface area contributed by atoms with Crippen LogP contribution in [0.3, 0.4) is 0 Å². The first-order valence-electron chi connectivity index (χ1n) is 9.86. The van der Waals surface area contributed by atoms with Crippen molar-refractivity contribution in [2.24, 2.45) is 5.92 Å². The summed E-state index contributed by atoms with van der Waals surface area (Å²) in [5.74, 6) is -1.49. The SMILES string of the molecule is CC(C)[C@@H](NC(=O)c1ccc(C(C)(C)C)cc1)C(=O)OCC(=O)c1ccc(Br)cc1. The van der Waals surface area contributed by atoms with Crippen LogP contribution in [0.5, 0.6) is 0 Å². The maximum absolute atomic E-state index is 12.6. The molecule has 0 fully saturated rings. The summed E-state index contributed by atoms with van der Waals surface area (Å²) in [4.78, 5) is 37.4. The first-order valence-corrected chi connectivity index (χ1v) is 10.6. The molecule has 2 aromatic rings. The number of Topliss-reactive ketones (excluding diaryl/α,β-unsaturated/α-hetero) is 1. The van der Waals surface area contributed by atoms with Gasteiger partial charge >= 0.3 is 5.97 Å². The predicted octanol–water partition coefficient (Wildman–Crippen LogP) is 4.93. The van der Waals surface area contributed by atoms with Gasteiger partial charge in [0, 0.05) is 15.6 Å². The van der Waals surface area contributed by atoms with Gasteiger partial charge in [0.25, 0.3) is 5.91 Å². The second-order valence-corrected chi connectivity index (χ2v) is 9.48. The first kappa shape index (κ1) is 23.8. The fraction of sp³-hybridized carbons (Fsp3) is 0.375. The van der Waals surface area contributed by atoms with Gasteiger partial charge in [0.1, 0.15) is 6.04 Å². The number of rotatable bonds is 7. The zero-order valence-corrected chi connectivity index (χ0v) is 19.6. The molecule has 2 aromatic carbocycles. The van der Waals surface area contributed by atoms with E-state index >= 15 is 0 Å². The Labute approximate surface area is 186 Å². The van der Waals surface area contributed by atoms with E-state index in [1.165, 1.54) is 0 Å². The van der Waals surface area contributed by atoms with E-state index in [2.05, 4.69) is 42.0 Å². The number of halogens is 1.